The highest BCUT2D eigenvalue weighted by atomic mass is 19.1. The van der Waals surface area contributed by atoms with Crippen LogP contribution in [0, 0.1) is 5.82 Å². The molecular weight excluding hydrogens is 435 g/mol. The molecular formula is C25H25FN6O2. The highest BCUT2D eigenvalue weighted by Crippen LogP contribution is 2.27. The summed E-state index contributed by atoms with van der Waals surface area (Å²) in [5.41, 5.74) is 1.28. The van der Waals surface area contributed by atoms with Gasteiger partial charge in [0.2, 0.25) is 5.91 Å². The van der Waals surface area contributed by atoms with Crippen LogP contribution in [0.5, 0.6) is 0 Å². The fourth-order valence-electron chi connectivity index (χ4n) is 4.35. The van der Waals surface area contributed by atoms with Gasteiger partial charge in [-0.2, -0.15) is 0 Å². The van der Waals surface area contributed by atoms with E-state index in [1.165, 1.54) is 6.07 Å². The molecule has 2 aromatic carbocycles. The van der Waals surface area contributed by atoms with Gasteiger partial charge < -0.3 is 14.9 Å². The van der Waals surface area contributed by atoms with E-state index in [2.05, 4.69) is 25.5 Å². The summed E-state index contributed by atoms with van der Waals surface area (Å²) >= 11 is 0. The molecule has 4 aromatic rings. The number of hydrogen-bond acceptors (Lipinski definition) is 5. The third-order valence-corrected chi connectivity index (χ3v) is 6.08. The Morgan fingerprint density at radius 3 is 2.91 bits per heavy atom. The predicted octanol–water partition coefficient (Wildman–Crippen LogP) is 4.01. The van der Waals surface area contributed by atoms with Crippen LogP contribution in [0.3, 0.4) is 0 Å². The molecule has 0 saturated heterocycles. The SMILES string of the molecule is O=C(CCCc1nc2ccccc2c(=O)[nH]1)Nc1ccc(F)c(-c2nnc3n2CCCCC3)c1. The van der Waals surface area contributed by atoms with Gasteiger partial charge in [-0.1, -0.05) is 18.6 Å². The number of amides is 1. The monoisotopic (exact) mass is 460 g/mol. The number of fused-ring (bicyclic) bond motifs is 2. The van der Waals surface area contributed by atoms with Crippen molar-refractivity contribution in [1.82, 2.24) is 24.7 Å². The first kappa shape index (κ1) is 21.9. The fourth-order valence-corrected chi connectivity index (χ4v) is 4.35. The molecule has 0 saturated carbocycles. The third-order valence-electron chi connectivity index (χ3n) is 6.08. The van der Waals surface area contributed by atoms with E-state index in [1.54, 1.807) is 30.3 Å². The highest BCUT2D eigenvalue weighted by molar-refractivity contribution is 5.91. The number of nitrogens with one attached hydrogen (secondary N) is 2. The van der Waals surface area contributed by atoms with Crippen molar-refractivity contribution in [3.8, 4) is 11.4 Å². The minimum Gasteiger partial charge on any atom is -0.326 e. The first-order valence-corrected chi connectivity index (χ1v) is 11.6. The number of benzene rings is 2. The molecule has 0 spiro atoms. The van der Waals surface area contributed by atoms with Gasteiger partial charge in [0, 0.05) is 31.5 Å². The molecule has 34 heavy (non-hydrogen) atoms. The number of carbonyl (C=O) groups excluding carboxylic acids is 1. The number of nitrogens with zero attached hydrogens (tertiary/aromatic N) is 4. The lowest BCUT2D eigenvalue weighted by Crippen LogP contribution is -2.14. The first-order valence-electron chi connectivity index (χ1n) is 11.6. The second-order valence-corrected chi connectivity index (χ2v) is 8.53. The maximum atomic E-state index is 14.6. The number of aryl methyl sites for hydroxylation is 2. The summed E-state index contributed by atoms with van der Waals surface area (Å²) in [4.78, 5) is 31.9. The van der Waals surface area contributed by atoms with Crippen LogP contribution in [0.25, 0.3) is 22.3 Å². The fraction of sp³-hybridized carbons (Fsp3) is 0.320. The van der Waals surface area contributed by atoms with Gasteiger partial charge in [0.25, 0.3) is 5.56 Å². The Labute approximate surface area is 195 Å². The van der Waals surface area contributed by atoms with Gasteiger partial charge in [0.1, 0.15) is 17.5 Å². The van der Waals surface area contributed by atoms with Crippen LogP contribution in [0.15, 0.2) is 47.3 Å². The predicted molar refractivity (Wildman–Crippen MR) is 127 cm³/mol. The van der Waals surface area contributed by atoms with E-state index in [4.69, 9.17) is 0 Å². The molecule has 1 amide bonds. The van der Waals surface area contributed by atoms with Crippen LogP contribution >= 0.6 is 0 Å². The molecule has 3 heterocycles. The number of halogens is 1. The first-order chi connectivity index (χ1) is 16.6. The standard InChI is InChI=1S/C25H25FN6O2/c26-19-13-12-16(15-18(19)24-31-30-22-10-2-1-5-14-32(22)24)27-23(33)11-6-9-21-28-20-8-4-3-7-17(20)25(34)29-21/h3-4,7-8,12-13,15H,1-2,5-6,9-11,14H2,(H,27,33)(H,28,29,34). The average Bonchev–Trinajstić information content (AvgIpc) is 3.08. The molecule has 2 aromatic heterocycles. The highest BCUT2D eigenvalue weighted by Gasteiger charge is 2.19. The van der Waals surface area contributed by atoms with Gasteiger partial charge >= 0.3 is 0 Å². The van der Waals surface area contributed by atoms with E-state index in [0.29, 0.717) is 46.6 Å². The summed E-state index contributed by atoms with van der Waals surface area (Å²) in [5, 5.41) is 11.9. The van der Waals surface area contributed by atoms with E-state index in [1.807, 2.05) is 10.6 Å². The Bertz CT molecular complexity index is 1410. The van der Waals surface area contributed by atoms with Gasteiger partial charge in [-0.05, 0) is 49.6 Å². The van der Waals surface area contributed by atoms with Crippen LogP contribution in [-0.2, 0) is 24.2 Å². The molecule has 5 rings (SSSR count). The largest absolute Gasteiger partial charge is 0.326 e. The summed E-state index contributed by atoms with van der Waals surface area (Å²) in [6, 6.07) is 11.6. The van der Waals surface area contributed by atoms with Crippen LogP contribution < -0.4 is 10.9 Å². The van der Waals surface area contributed by atoms with Crippen molar-refractivity contribution in [2.45, 2.75) is 51.5 Å². The van der Waals surface area contributed by atoms with Crippen LogP contribution in [0.4, 0.5) is 10.1 Å². The van der Waals surface area contributed by atoms with E-state index in [-0.39, 0.29) is 17.9 Å². The number of anilines is 1. The molecule has 0 bridgehead atoms. The number of carbonyl (C=O) groups is 1. The normalized spacial score (nSPS) is 13.4. The zero-order valence-electron chi connectivity index (χ0n) is 18.7. The van der Waals surface area contributed by atoms with Gasteiger partial charge in [0.05, 0.1) is 16.5 Å². The zero-order valence-corrected chi connectivity index (χ0v) is 18.7. The smallest absolute Gasteiger partial charge is 0.258 e. The van der Waals surface area contributed by atoms with Crippen LogP contribution in [-0.4, -0.2) is 30.6 Å². The van der Waals surface area contributed by atoms with Gasteiger partial charge in [0.15, 0.2) is 5.82 Å². The van der Waals surface area contributed by atoms with Crippen molar-refractivity contribution >= 4 is 22.5 Å². The number of H-pyrrole nitrogens is 1. The Balaban J connectivity index is 1.24. The lowest BCUT2D eigenvalue weighted by Gasteiger charge is -2.10. The summed E-state index contributed by atoms with van der Waals surface area (Å²) in [5.74, 6) is 1.33. The van der Waals surface area contributed by atoms with Crippen molar-refractivity contribution in [2.75, 3.05) is 5.32 Å². The minimum atomic E-state index is -0.399. The molecule has 0 atom stereocenters. The zero-order chi connectivity index (χ0) is 23.5. The maximum Gasteiger partial charge on any atom is 0.258 e. The minimum absolute atomic E-state index is 0.185. The van der Waals surface area contributed by atoms with Crippen molar-refractivity contribution in [3.63, 3.8) is 0 Å². The Morgan fingerprint density at radius 2 is 2.00 bits per heavy atom. The maximum absolute atomic E-state index is 14.6. The van der Waals surface area contributed by atoms with Crippen LogP contribution in [0.1, 0.15) is 43.8 Å². The summed E-state index contributed by atoms with van der Waals surface area (Å²) in [6.45, 7) is 0.762. The van der Waals surface area contributed by atoms with E-state index < -0.39 is 5.82 Å². The van der Waals surface area contributed by atoms with Crippen molar-refractivity contribution in [2.24, 2.45) is 0 Å². The van der Waals surface area contributed by atoms with E-state index >= 15 is 0 Å². The topological polar surface area (TPSA) is 106 Å². The molecule has 2 N–H and O–H groups in total. The molecule has 9 heteroatoms. The second-order valence-electron chi connectivity index (χ2n) is 8.53. The summed E-state index contributed by atoms with van der Waals surface area (Å²) in [6.07, 6.45) is 5.23. The number of rotatable bonds is 6. The Hall–Kier alpha value is -3.88. The average molecular weight is 461 g/mol. The van der Waals surface area contributed by atoms with Crippen molar-refractivity contribution < 1.29 is 9.18 Å². The molecule has 174 valence electrons. The number of aromatic amines is 1. The van der Waals surface area contributed by atoms with E-state index in [0.717, 1.165) is 38.1 Å². The molecule has 1 aliphatic rings. The van der Waals surface area contributed by atoms with Gasteiger partial charge in [-0.15, -0.1) is 10.2 Å². The second kappa shape index (κ2) is 9.54. The van der Waals surface area contributed by atoms with Gasteiger partial charge in [-0.25, -0.2) is 9.37 Å². The molecule has 8 nitrogen and oxygen atoms in total. The number of hydrogen-bond donors (Lipinski definition) is 2. The van der Waals surface area contributed by atoms with Crippen molar-refractivity contribution in [1.29, 1.82) is 0 Å². The Morgan fingerprint density at radius 1 is 1.12 bits per heavy atom. The van der Waals surface area contributed by atoms with E-state index in [9.17, 15) is 14.0 Å². The summed E-state index contributed by atoms with van der Waals surface area (Å²) < 4.78 is 16.6. The Kier molecular flexibility index (Phi) is 6.16. The lowest BCUT2D eigenvalue weighted by molar-refractivity contribution is -0.116. The number of aromatic nitrogens is 5. The van der Waals surface area contributed by atoms with Crippen molar-refractivity contribution in [3.05, 3.63) is 70.3 Å². The third kappa shape index (κ3) is 4.59. The summed E-state index contributed by atoms with van der Waals surface area (Å²) in [7, 11) is 0. The molecule has 0 unspecified atom stereocenters. The molecule has 1 aliphatic heterocycles. The number of para-hydroxylation sites is 1. The molecule has 0 fully saturated rings. The lowest BCUT2D eigenvalue weighted by atomic mass is 10.1. The molecule has 0 aliphatic carbocycles. The van der Waals surface area contributed by atoms with Gasteiger partial charge in [-0.3, -0.25) is 9.59 Å². The molecule has 0 radical (unpaired) electrons. The quantitative estimate of drug-likeness (QED) is 0.452. The van der Waals surface area contributed by atoms with Crippen LogP contribution in [0.2, 0.25) is 0 Å².